The lowest BCUT2D eigenvalue weighted by Gasteiger charge is -2.15. The van der Waals surface area contributed by atoms with Crippen LogP contribution in [0.4, 0.5) is 11.4 Å². The average molecular weight is 395 g/mol. The maximum Gasteiger partial charge on any atom is 0.341 e. The predicted molar refractivity (Wildman–Crippen MR) is 110 cm³/mol. The van der Waals surface area contributed by atoms with Gasteiger partial charge in [-0.3, -0.25) is 4.98 Å². The minimum atomic E-state index is -0.604. The summed E-state index contributed by atoms with van der Waals surface area (Å²) in [6.45, 7) is 13.1. The van der Waals surface area contributed by atoms with Gasteiger partial charge in [0.2, 0.25) is 0 Å². The van der Waals surface area contributed by atoms with Crippen LogP contribution in [0, 0.1) is 6.57 Å². The topological polar surface area (TPSA) is 68.5 Å². The van der Waals surface area contributed by atoms with Gasteiger partial charge in [-0.15, -0.1) is 0 Å². The Morgan fingerprint density at radius 2 is 1.96 bits per heavy atom. The Bertz CT molecular complexity index is 1070. The van der Waals surface area contributed by atoms with E-state index in [1.54, 1.807) is 19.1 Å². The van der Waals surface area contributed by atoms with Crippen LogP contribution in [0.3, 0.4) is 0 Å². The highest BCUT2D eigenvalue weighted by Gasteiger charge is 2.25. The zero-order chi connectivity index (χ0) is 20.3. The largest absolute Gasteiger partial charge is 0.462 e. The Labute approximate surface area is 168 Å². The summed E-state index contributed by atoms with van der Waals surface area (Å²) in [5.74, 6) is -0.494. The van der Waals surface area contributed by atoms with E-state index in [-0.39, 0.29) is 12.2 Å². The maximum absolute atomic E-state index is 12.4. The monoisotopic (exact) mass is 394 g/mol. The number of nitrogens with zero attached hydrogens (tertiary/aromatic N) is 3. The van der Waals surface area contributed by atoms with E-state index in [0.29, 0.717) is 21.9 Å². The van der Waals surface area contributed by atoms with Crippen LogP contribution < -0.4 is 5.32 Å². The number of carbonyl (C=O) groups excluding carboxylic acids is 1. The quantitative estimate of drug-likeness (QED) is 0.358. The van der Waals surface area contributed by atoms with Crippen molar-refractivity contribution in [1.29, 1.82) is 0 Å². The standard InChI is InChI=1S/C21H19ClN4O2/c1-5-28-20(27)15-12-24-16-10-11-17(22)26-19(16)18(15)25-14-8-6-13(7-9-14)21(2,3)23-4/h6-12H,5H2,1-3H3,(H,24,25). The van der Waals surface area contributed by atoms with Gasteiger partial charge in [-0.2, -0.15) is 0 Å². The molecule has 0 bridgehead atoms. The average Bonchev–Trinajstić information content (AvgIpc) is 2.69. The van der Waals surface area contributed by atoms with Gasteiger partial charge < -0.3 is 14.9 Å². The van der Waals surface area contributed by atoms with Gasteiger partial charge >= 0.3 is 5.97 Å². The van der Waals surface area contributed by atoms with Crippen LogP contribution in [-0.2, 0) is 10.3 Å². The van der Waals surface area contributed by atoms with Crippen LogP contribution in [0.5, 0.6) is 0 Å². The van der Waals surface area contributed by atoms with Gasteiger partial charge in [0.25, 0.3) is 5.54 Å². The minimum absolute atomic E-state index is 0.250. The van der Waals surface area contributed by atoms with E-state index in [1.165, 1.54) is 6.20 Å². The summed E-state index contributed by atoms with van der Waals surface area (Å²) < 4.78 is 5.15. The van der Waals surface area contributed by atoms with Crippen molar-refractivity contribution >= 4 is 40.0 Å². The molecular weight excluding hydrogens is 376 g/mol. The molecule has 3 rings (SSSR count). The van der Waals surface area contributed by atoms with Crippen LogP contribution in [-0.4, -0.2) is 22.5 Å². The first-order valence-corrected chi connectivity index (χ1v) is 9.12. The number of hydrogen-bond acceptors (Lipinski definition) is 5. The number of benzene rings is 1. The number of nitrogens with one attached hydrogen (secondary N) is 1. The number of esters is 1. The number of anilines is 2. The normalized spacial score (nSPS) is 11.1. The summed E-state index contributed by atoms with van der Waals surface area (Å²) in [5, 5.41) is 3.54. The molecule has 0 atom stereocenters. The van der Waals surface area contributed by atoms with Crippen LogP contribution in [0.25, 0.3) is 15.9 Å². The Kier molecular flexibility index (Phi) is 5.48. The third-order valence-corrected chi connectivity index (χ3v) is 4.52. The Balaban J connectivity index is 2.08. The predicted octanol–water partition coefficient (Wildman–Crippen LogP) is 5.36. The zero-order valence-corrected chi connectivity index (χ0v) is 16.5. The first-order chi connectivity index (χ1) is 13.4. The van der Waals surface area contributed by atoms with Crippen LogP contribution in [0.15, 0.2) is 42.6 Å². The number of rotatable bonds is 5. The van der Waals surface area contributed by atoms with Crippen LogP contribution in [0.2, 0.25) is 5.15 Å². The van der Waals surface area contributed by atoms with E-state index < -0.39 is 11.5 Å². The second-order valence-electron chi connectivity index (χ2n) is 6.64. The molecule has 2 aromatic heterocycles. The summed E-state index contributed by atoms with van der Waals surface area (Å²) in [5.41, 5.74) is 2.86. The molecule has 0 amide bonds. The van der Waals surface area contributed by atoms with Crippen molar-refractivity contribution in [1.82, 2.24) is 9.97 Å². The summed E-state index contributed by atoms with van der Waals surface area (Å²) in [6.07, 6.45) is 1.47. The van der Waals surface area contributed by atoms with Crippen LogP contribution >= 0.6 is 11.6 Å². The molecule has 1 N–H and O–H groups in total. The summed E-state index contributed by atoms with van der Waals surface area (Å²) in [6, 6.07) is 10.9. The van der Waals surface area contributed by atoms with Crippen molar-refractivity contribution < 1.29 is 9.53 Å². The third-order valence-electron chi connectivity index (χ3n) is 4.31. The summed E-state index contributed by atoms with van der Waals surface area (Å²) >= 11 is 6.06. The van der Waals surface area contributed by atoms with E-state index in [9.17, 15) is 4.79 Å². The summed E-state index contributed by atoms with van der Waals surface area (Å²) in [7, 11) is 0. The van der Waals surface area contributed by atoms with Gasteiger partial charge in [-0.1, -0.05) is 11.6 Å². The van der Waals surface area contributed by atoms with Crippen molar-refractivity contribution in [3.8, 4) is 0 Å². The fourth-order valence-electron chi connectivity index (χ4n) is 2.70. The van der Waals surface area contributed by atoms with Crippen molar-refractivity contribution in [2.75, 3.05) is 11.9 Å². The molecule has 0 saturated heterocycles. The number of pyridine rings is 2. The molecule has 0 spiro atoms. The molecule has 0 unspecified atom stereocenters. The molecule has 0 radical (unpaired) electrons. The van der Waals surface area contributed by atoms with Crippen molar-refractivity contribution in [2.24, 2.45) is 0 Å². The lowest BCUT2D eigenvalue weighted by atomic mass is 9.95. The molecule has 0 aliphatic carbocycles. The lowest BCUT2D eigenvalue weighted by molar-refractivity contribution is 0.0527. The third kappa shape index (κ3) is 3.90. The second kappa shape index (κ2) is 7.83. The zero-order valence-electron chi connectivity index (χ0n) is 15.8. The summed E-state index contributed by atoms with van der Waals surface area (Å²) in [4.78, 5) is 24.7. The SMILES string of the molecule is [C-]#[N+]C(C)(C)c1ccc(Nc2c(C(=O)OCC)cnc3ccc(Cl)nc23)cc1. The van der Waals surface area contributed by atoms with E-state index in [1.807, 2.05) is 38.1 Å². The molecule has 7 heteroatoms. The first-order valence-electron chi connectivity index (χ1n) is 8.74. The molecular formula is C21H19ClN4O2. The maximum atomic E-state index is 12.4. The van der Waals surface area contributed by atoms with Gasteiger partial charge in [0.05, 0.1) is 17.8 Å². The number of aromatic nitrogens is 2. The van der Waals surface area contributed by atoms with Crippen molar-refractivity contribution in [3.63, 3.8) is 0 Å². The van der Waals surface area contributed by atoms with Crippen LogP contribution in [0.1, 0.15) is 36.7 Å². The molecule has 0 fully saturated rings. The smallest absolute Gasteiger partial charge is 0.341 e. The van der Waals surface area contributed by atoms with Crippen molar-refractivity contribution in [2.45, 2.75) is 26.3 Å². The van der Waals surface area contributed by atoms with E-state index in [4.69, 9.17) is 22.9 Å². The number of halogens is 1. The highest BCUT2D eigenvalue weighted by atomic mass is 35.5. The van der Waals surface area contributed by atoms with Gasteiger partial charge in [-0.05, 0) is 43.3 Å². The molecule has 3 aromatic rings. The number of ether oxygens (including phenoxy) is 1. The van der Waals surface area contributed by atoms with E-state index in [0.717, 1.165) is 11.3 Å². The molecule has 6 nitrogen and oxygen atoms in total. The van der Waals surface area contributed by atoms with Gasteiger partial charge in [0, 0.05) is 31.3 Å². The fraction of sp³-hybridized carbons (Fsp3) is 0.238. The Morgan fingerprint density at radius 1 is 1.25 bits per heavy atom. The van der Waals surface area contributed by atoms with Gasteiger partial charge in [0.1, 0.15) is 16.2 Å². The highest BCUT2D eigenvalue weighted by molar-refractivity contribution is 6.30. The number of carbonyl (C=O) groups is 1. The highest BCUT2D eigenvalue weighted by Crippen LogP contribution is 2.31. The molecule has 0 saturated carbocycles. The molecule has 0 aliphatic heterocycles. The number of hydrogen-bond donors (Lipinski definition) is 1. The molecule has 142 valence electrons. The number of fused-ring (bicyclic) bond motifs is 1. The first kappa shape index (κ1) is 19.6. The Hall–Kier alpha value is -3.17. The van der Waals surface area contributed by atoms with Gasteiger partial charge in [0.15, 0.2) is 0 Å². The second-order valence-corrected chi connectivity index (χ2v) is 7.03. The lowest BCUT2D eigenvalue weighted by Crippen LogP contribution is -2.11. The minimum Gasteiger partial charge on any atom is -0.462 e. The molecule has 1 aromatic carbocycles. The van der Waals surface area contributed by atoms with Gasteiger partial charge in [-0.25, -0.2) is 16.4 Å². The fourth-order valence-corrected chi connectivity index (χ4v) is 2.85. The molecule has 28 heavy (non-hydrogen) atoms. The van der Waals surface area contributed by atoms with Crippen molar-refractivity contribution in [3.05, 3.63) is 70.3 Å². The van der Waals surface area contributed by atoms with E-state index in [2.05, 4.69) is 20.1 Å². The molecule has 2 heterocycles. The molecule has 0 aliphatic rings. The Morgan fingerprint density at radius 3 is 2.61 bits per heavy atom. The van der Waals surface area contributed by atoms with E-state index >= 15 is 0 Å².